The van der Waals surface area contributed by atoms with Crippen molar-refractivity contribution in [3.63, 3.8) is 0 Å². The zero-order chi connectivity index (χ0) is 44.3. The van der Waals surface area contributed by atoms with Gasteiger partial charge in [-0.15, -0.1) is 0 Å². The highest BCUT2D eigenvalue weighted by atomic mass is 32.2. The van der Waals surface area contributed by atoms with Crippen LogP contribution in [0.25, 0.3) is 0 Å². The van der Waals surface area contributed by atoms with Gasteiger partial charge in [-0.2, -0.15) is 83.1 Å². The fourth-order valence-corrected chi connectivity index (χ4v) is 6.66. The normalized spacial score (nSPS) is 17.9. The number of benzene rings is 2. The Morgan fingerprint density at radius 2 is 1.17 bits per heavy atom. The molecule has 27 heteroatoms. The molecule has 1 aliphatic carbocycles. The van der Waals surface area contributed by atoms with Crippen molar-refractivity contribution in [1.29, 1.82) is 0 Å². The molecular weight excluding hydrogens is 865 g/mol. The minimum Gasteiger partial charge on any atom is -0.378 e. The van der Waals surface area contributed by atoms with Crippen LogP contribution in [0.1, 0.15) is 54.1 Å². The first-order valence-electron chi connectivity index (χ1n) is 16.0. The van der Waals surface area contributed by atoms with Gasteiger partial charge >= 0.3 is 57.1 Å². The van der Waals surface area contributed by atoms with Crippen molar-refractivity contribution in [3.05, 3.63) is 59.7 Å². The Morgan fingerprint density at radius 1 is 0.690 bits per heavy atom. The molecule has 4 rings (SSSR count). The average molecular weight is 890 g/mol. The van der Waals surface area contributed by atoms with Crippen LogP contribution in [0, 0.1) is 0 Å². The van der Waals surface area contributed by atoms with Gasteiger partial charge < -0.3 is 19.7 Å². The standard InChI is InChI=1S/C31H24F17N3O6S/c32-24(33,26(36,37)28(40,41)30(44,45)46)25(34,35)27(38,39)29(42,43)31(47,48)58(55,56)57-17-12-10-15(11-13-17)21(22(53)49-16-6-2-1-3-7-16)51-14-20(52)50-19-9-5-4-8-18(19)23(51)54/h4-5,8-13,16,21H,1-3,6-7,14H2,(H,49,53)(H,50,52). The maximum Gasteiger partial charge on any atom is 0.460 e. The number of rotatable bonds is 13. The van der Waals surface area contributed by atoms with E-state index >= 15 is 0 Å². The summed E-state index contributed by atoms with van der Waals surface area (Å²) >= 11 is 0. The number of hydrogen-bond donors (Lipinski definition) is 2. The van der Waals surface area contributed by atoms with Crippen molar-refractivity contribution in [2.24, 2.45) is 0 Å². The Kier molecular flexibility index (Phi) is 11.8. The highest BCUT2D eigenvalue weighted by Crippen LogP contribution is 2.64. The summed E-state index contributed by atoms with van der Waals surface area (Å²) in [6.07, 6.45) is -4.95. The zero-order valence-electron chi connectivity index (χ0n) is 28.2. The molecule has 2 N–H and O–H groups in total. The van der Waals surface area contributed by atoms with Gasteiger partial charge in [0.15, 0.2) is 0 Å². The maximum absolute atomic E-state index is 14.6. The second-order valence-electron chi connectivity index (χ2n) is 12.8. The van der Waals surface area contributed by atoms with Crippen LogP contribution in [-0.2, 0) is 19.7 Å². The Morgan fingerprint density at radius 3 is 1.69 bits per heavy atom. The number of amides is 3. The summed E-state index contributed by atoms with van der Waals surface area (Å²) in [4.78, 5) is 40.7. The van der Waals surface area contributed by atoms with E-state index in [1.807, 2.05) is 0 Å². The van der Waals surface area contributed by atoms with Crippen LogP contribution in [0.5, 0.6) is 5.75 Å². The number of carbonyl (C=O) groups excluding carboxylic acids is 3. The number of nitrogens with one attached hydrogen (secondary N) is 2. The summed E-state index contributed by atoms with van der Waals surface area (Å²) in [6, 6.07) is 4.59. The van der Waals surface area contributed by atoms with E-state index in [0.29, 0.717) is 42.7 Å². The van der Waals surface area contributed by atoms with Crippen LogP contribution in [0.2, 0.25) is 0 Å². The van der Waals surface area contributed by atoms with Gasteiger partial charge in [-0.3, -0.25) is 14.4 Å². The van der Waals surface area contributed by atoms with Crippen molar-refractivity contribution >= 4 is 33.5 Å². The van der Waals surface area contributed by atoms with E-state index in [0.717, 1.165) is 6.42 Å². The van der Waals surface area contributed by atoms with Crippen LogP contribution in [0.4, 0.5) is 80.3 Å². The molecule has 2 aliphatic rings. The first-order chi connectivity index (χ1) is 26.2. The van der Waals surface area contributed by atoms with E-state index in [1.165, 1.54) is 24.3 Å². The molecule has 324 valence electrons. The van der Waals surface area contributed by atoms with Crippen LogP contribution in [-0.4, -0.2) is 90.6 Å². The van der Waals surface area contributed by atoms with Gasteiger partial charge in [-0.05, 0) is 42.7 Å². The van der Waals surface area contributed by atoms with E-state index in [1.54, 1.807) is 0 Å². The second kappa shape index (κ2) is 14.9. The van der Waals surface area contributed by atoms with Gasteiger partial charge in [-0.1, -0.05) is 43.5 Å². The minimum atomic E-state index is -9.02. The third-order valence-electron chi connectivity index (χ3n) is 8.93. The molecule has 1 aliphatic heterocycles. The molecule has 1 atom stereocenters. The first-order valence-corrected chi connectivity index (χ1v) is 17.4. The highest BCUT2D eigenvalue weighted by Gasteiger charge is 2.96. The lowest BCUT2D eigenvalue weighted by Crippen LogP contribution is -2.75. The molecule has 0 spiro atoms. The Bertz CT molecular complexity index is 2000. The van der Waals surface area contributed by atoms with Gasteiger partial charge in [0.1, 0.15) is 18.3 Å². The smallest absolute Gasteiger partial charge is 0.378 e. The molecule has 2 aromatic carbocycles. The van der Waals surface area contributed by atoms with E-state index in [-0.39, 0.29) is 23.4 Å². The third kappa shape index (κ3) is 7.34. The molecule has 1 fully saturated rings. The van der Waals surface area contributed by atoms with Gasteiger partial charge in [0, 0.05) is 6.04 Å². The number of hydrogen-bond acceptors (Lipinski definition) is 6. The number of alkyl halides is 17. The van der Waals surface area contributed by atoms with E-state index in [2.05, 4.69) is 14.8 Å². The van der Waals surface area contributed by atoms with Gasteiger partial charge in [0.25, 0.3) is 5.91 Å². The number of nitrogens with zero attached hydrogens (tertiary/aromatic N) is 1. The summed E-state index contributed by atoms with van der Waals surface area (Å²) in [7, 11) is -7.94. The van der Waals surface area contributed by atoms with Crippen LogP contribution >= 0.6 is 0 Å². The number of para-hydroxylation sites is 1. The van der Waals surface area contributed by atoms with Gasteiger partial charge in [0.2, 0.25) is 11.8 Å². The Hall–Kier alpha value is -4.59. The van der Waals surface area contributed by atoms with Crippen molar-refractivity contribution in [2.45, 2.75) is 91.2 Å². The van der Waals surface area contributed by atoms with Gasteiger partial charge in [0.05, 0.1) is 11.3 Å². The topological polar surface area (TPSA) is 122 Å². The van der Waals surface area contributed by atoms with Crippen molar-refractivity contribution in [2.75, 3.05) is 11.9 Å². The molecule has 2 aromatic rings. The second-order valence-corrected chi connectivity index (χ2v) is 14.4. The Balaban J connectivity index is 1.70. The minimum absolute atomic E-state index is 0.00172. The SMILES string of the molecule is O=C1CN(C(C(=O)NC2CCCCC2)c2ccc(OS(=O)(=O)C(F)(F)C(F)(F)C(F)(F)C(F)(F)C(F)(F)C(F)(F)C(F)(F)C(F)(F)F)cc2)C(=O)c2ccccc2N1. The number of halogens is 17. The lowest BCUT2D eigenvalue weighted by molar-refractivity contribution is -0.458. The zero-order valence-corrected chi connectivity index (χ0v) is 29.1. The molecule has 1 heterocycles. The summed E-state index contributed by atoms with van der Waals surface area (Å²) in [5, 5.41) is -2.88. The number of fused-ring (bicyclic) bond motifs is 1. The fraction of sp³-hybridized carbons (Fsp3) is 0.516. The monoisotopic (exact) mass is 889 g/mol. The lowest BCUT2D eigenvalue weighted by atomic mass is 9.91. The number of anilines is 1. The summed E-state index contributed by atoms with van der Waals surface area (Å²) in [5.74, 6) is -57.1. The molecular formula is C31H24F17N3O6S. The predicted molar refractivity (Wildman–Crippen MR) is 161 cm³/mol. The van der Waals surface area contributed by atoms with Crippen LogP contribution < -0.4 is 14.8 Å². The number of carbonyl (C=O) groups is 3. The van der Waals surface area contributed by atoms with Crippen molar-refractivity contribution in [1.82, 2.24) is 10.2 Å². The predicted octanol–water partition coefficient (Wildman–Crippen LogP) is 7.95. The van der Waals surface area contributed by atoms with Gasteiger partial charge in [-0.25, -0.2) is 0 Å². The molecule has 0 bridgehead atoms. The quantitative estimate of drug-likeness (QED) is 0.156. The molecule has 58 heavy (non-hydrogen) atoms. The molecule has 1 unspecified atom stereocenters. The summed E-state index contributed by atoms with van der Waals surface area (Å²) in [6.45, 7) is -0.845. The summed E-state index contributed by atoms with van der Waals surface area (Å²) < 4.78 is 261. The van der Waals surface area contributed by atoms with E-state index in [9.17, 15) is 97.4 Å². The lowest BCUT2D eigenvalue weighted by Gasteiger charge is -2.42. The maximum atomic E-state index is 14.6. The molecule has 0 aromatic heterocycles. The molecule has 0 radical (unpaired) electrons. The first kappa shape index (κ1) is 46.1. The van der Waals surface area contributed by atoms with Crippen LogP contribution in [0.3, 0.4) is 0 Å². The van der Waals surface area contributed by atoms with Crippen molar-refractivity contribution in [3.8, 4) is 5.75 Å². The average Bonchev–Trinajstić information content (AvgIpc) is 3.23. The summed E-state index contributed by atoms with van der Waals surface area (Å²) in [5.41, 5.74) is -0.574. The van der Waals surface area contributed by atoms with Crippen LogP contribution in [0.15, 0.2) is 48.5 Å². The Labute approximate surface area is 314 Å². The highest BCUT2D eigenvalue weighted by molar-refractivity contribution is 7.88. The molecule has 3 amide bonds. The molecule has 0 saturated heterocycles. The van der Waals surface area contributed by atoms with Crippen molar-refractivity contribution < 1.29 is 102 Å². The molecule has 9 nitrogen and oxygen atoms in total. The molecule has 1 saturated carbocycles. The fourth-order valence-electron chi connectivity index (χ4n) is 5.75. The largest absolute Gasteiger partial charge is 0.460 e. The third-order valence-corrected chi connectivity index (χ3v) is 10.2. The van der Waals surface area contributed by atoms with E-state index < -0.39 is 105 Å². The van der Waals surface area contributed by atoms with E-state index in [4.69, 9.17) is 0 Å².